The molecular weight excluding hydrogens is 242 g/mol. The van der Waals surface area contributed by atoms with Gasteiger partial charge in [0.05, 0.1) is 12.7 Å². The van der Waals surface area contributed by atoms with E-state index in [9.17, 15) is 4.79 Å². The molecule has 0 radical (unpaired) electrons. The number of carbonyl (C=O) groups excluding carboxylic acids is 1. The van der Waals surface area contributed by atoms with Gasteiger partial charge in [0.25, 0.3) is 0 Å². The summed E-state index contributed by atoms with van der Waals surface area (Å²) < 4.78 is 5.67. The molecule has 5 nitrogen and oxygen atoms in total. The number of nitrogens with one attached hydrogen (secondary N) is 1. The number of rotatable bonds is 5. The number of likely N-dealkylation sites (N-methyl/N-ethyl adjacent to an activating group) is 1. The van der Waals surface area contributed by atoms with E-state index in [0.29, 0.717) is 5.56 Å². The van der Waals surface area contributed by atoms with Gasteiger partial charge in [-0.25, -0.2) is 0 Å². The van der Waals surface area contributed by atoms with Crippen molar-refractivity contribution >= 4 is 5.91 Å². The number of amides is 1. The zero-order valence-corrected chi connectivity index (χ0v) is 11.3. The van der Waals surface area contributed by atoms with Gasteiger partial charge in [-0.1, -0.05) is 12.1 Å². The summed E-state index contributed by atoms with van der Waals surface area (Å²) in [4.78, 5) is 13.2. The smallest absolute Gasteiger partial charge is 0.248 e. The molecule has 1 aromatic rings. The van der Waals surface area contributed by atoms with Crippen molar-refractivity contribution in [1.82, 2.24) is 10.2 Å². The minimum Gasteiger partial charge on any atom is -0.374 e. The van der Waals surface area contributed by atoms with E-state index in [2.05, 4.69) is 17.3 Å². The van der Waals surface area contributed by atoms with Gasteiger partial charge in [0.2, 0.25) is 5.91 Å². The van der Waals surface area contributed by atoms with Crippen molar-refractivity contribution in [3.63, 3.8) is 0 Å². The number of nitrogens with two attached hydrogens (primary N) is 1. The highest BCUT2D eigenvalue weighted by Gasteiger charge is 2.16. The Morgan fingerprint density at radius 1 is 1.47 bits per heavy atom. The molecule has 1 amide bonds. The number of nitrogens with zero attached hydrogens (tertiary/aromatic N) is 1. The van der Waals surface area contributed by atoms with Gasteiger partial charge in [0.15, 0.2) is 0 Å². The Morgan fingerprint density at radius 3 is 2.84 bits per heavy atom. The Bertz CT molecular complexity index is 419. The Hall–Kier alpha value is -1.43. The third-order valence-corrected chi connectivity index (χ3v) is 3.28. The first-order valence-corrected chi connectivity index (χ1v) is 6.55. The number of morpholine rings is 1. The molecule has 1 atom stereocenters. The molecule has 3 N–H and O–H groups in total. The largest absolute Gasteiger partial charge is 0.374 e. The Balaban J connectivity index is 1.74. The highest BCUT2D eigenvalue weighted by Crippen LogP contribution is 2.05. The van der Waals surface area contributed by atoms with E-state index in [1.54, 1.807) is 12.1 Å². The average Bonchev–Trinajstić information content (AvgIpc) is 2.39. The summed E-state index contributed by atoms with van der Waals surface area (Å²) in [6, 6.07) is 7.34. The minimum absolute atomic E-state index is 0.253. The molecule has 1 unspecified atom stereocenters. The third-order valence-electron chi connectivity index (χ3n) is 3.28. The van der Waals surface area contributed by atoms with E-state index in [4.69, 9.17) is 10.5 Å². The molecule has 0 bridgehead atoms. The molecule has 2 rings (SSSR count). The van der Waals surface area contributed by atoms with Crippen LogP contribution in [0, 0.1) is 0 Å². The van der Waals surface area contributed by atoms with Crippen molar-refractivity contribution in [2.24, 2.45) is 5.73 Å². The lowest BCUT2D eigenvalue weighted by Crippen LogP contribution is -2.44. The van der Waals surface area contributed by atoms with Crippen LogP contribution in [0.1, 0.15) is 15.9 Å². The molecule has 1 saturated heterocycles. The molecule has 1 heterocycles. The van der Waals surface area contributed by atoms with E-state index in [1.807, 2.05) is 12.1 Å². The molecule has 1 aliphatic heterocycles. The fraction of sp³-hybridized carbons (Fsp3) is 0.500. The molecule has 1 aromatic carbocycles. The summed E-state index contributed by atoms with van der Waals surface area (Å²) in [7, 11) is 2.11. The summed E-state index contributed by atoms with van der Waals surface area (Å²) in [5.74, 6) is -0.391. The molecule has 104 valence electrons. The third kappa shape index (κ3) is 4.31. The molecular formula is C14H21N3O2. The maximum Gasteiger partial charge on any atom is 0.248 e. The fourth-order valence-corrected chi connectivity index (χ4v) is 2.15. The number of ether oxygens (including phenoxy) is 1. The lowest BCUT2D eigenvalue weighted by atomic mass is 10.1. The Morgan fingerprint density at radius 2 is 2.21 bits per heavy atom. The van der Waals surface area contributed by atoms with Crippen LogP contribution in [0.25, 0.3) is 0 Å². The number of carbonyl (C=O) groups is 1. The number of benzene rings is 1. The fourth-order valence-electron chi connectivity index (χ4n) is 2.15. The van der Waals surface area contributed by atoms with Crippen LogP contribution in [0.3, 0.4) is 0 Å². The second-order valence-corrected chi connectivity index (χ2v) is 4.95. The quantitative estimate of drug-likeness (QED) is 0.796. The second kappa shape index (κ2) is 6.65. The molecule has 5 heteroatoms. The van der Waals surface area contributed by atoms with Gasteiger partial charge in [-0.15, -0.1) is 0 Å². The lowest BCUT2D eigenvalue weighted by molar-refractivity contribution is -0.0182. The van der Waals surface area contributed by atoms with Crippen molar-refractivity contribution in [1.29, 1.82) is 0 Å². The van der Waals surface area contributed by atoms with E-state index in [1.165, 1.54) is 0 Å². The molecule has 0 saturated carbocycles. The minimum atomic E-state index is -0.391. The summed E-state index contributed by atoms with van der Waals surface area (Å²) >= 11 is 0. The second-order valence-electron chi connectivity index (χ2n) is 4.95. The first-order chi connectivity index (χ1) is 9.15. The lowest BCUT2D eigenvalue weighted by Gasteiger charge is -2.30. The van der Waals surface area contributed by atoms with Crippen molar-refractivity contribution in [2.45, 2.75) is 12.6 Å². The van der Waals surface area contributed by atoms with Crippen LogP contribution in [-0.4, -0.2) is 50.2 Å². The SMILES string of the molecule is CN1CCOC(CNCc2ccc(C(N)=O)cc2)C1. The van der Waals surface area contributed by atoms with Crippen molar-refractivity contribution < 1.29 is 9.53 Å². The van der Waals surface area contributed by atoms with Gasteiger partial charge in [0, 0.05) is 31.7 Å². The summed E-state index contributed by atoms with van der Waals surface area (Å²) in [5.41, 5.74) is 6.87. The standard InChI is InChI=1S/C14H21N3O2/c1-17-6-7-19-13(10-17)9-16-8-11-2-4-12(5-3-11)14(15)18/h2-5,13,16H,6-10H2,1H3,(H2,15,18). The van der Waals surface area contributed by atoms with Crippen LogP contribution in [0.15, 0.2) is 24.3 Å². The molecule has 0 aromatic heterocycles. The van der Waals surface area contributed by atoms with Gasteiger partial charge in [0.1, 0.15) is 0 Å². The predicted molar refractivity (Wildman–Crippen MR) is 73.9 cm³/mol. The maximum atomic E-state index is 10.9. The Kier molecular flexibility index (Phi) is 4.90. The zero-order valence-electron chi connectivity index (χ0n) is 11.3. The van der Waals surface area contributed by atoms with Crippen LogP contribution >= 0.6 is 0 Å². The van der Waals surface area contributed by atoms with Gasteiger partial charge >= 0.3 is 0 Å². The van der Waals surface area contributed by atoms with E-state index in [0.717, 1.165) is 38.3 Å². The van der Waals surface area contributed by atoms with Crippen molar-refractivity contribution in [3.8, 4) is 0 Å². The summed E-state index contributed by atoms with van der Waals surface area (Å²) in [5, 5.41) is 3.37. The van der Waals surface area contributed by atoms with Gasteiger partial charge < -0.3 is 20.7 Å². The Labute approximate surface area is 113 Å². The van der Waals surface area contributed by atoms with E-state index in [-0.39, 0.29) is 6.10 Å². The molecule has 1 fully saturated rings. The highest BCUT2D eigenvalue weighted by molar-refractivity contribution is 5.92. The highest BCUT2D eigenvalue weighted by atomic mass is 16.5. The van der Waals surface area contributed by atoms with Gasteiger partial charge in [-0.3, -0.25) is 4.79 Å². The normalized spacial score (nSPS) is 20.4. The van der Waals surface area contributed by atoms with Gasteiger partial charge in [-0.05, 0) is 24.7 Å². The van der Waals surface area contributed by atoms with Crippen LogP contribution in [0.4, 0.5) is 0 Å². The average molecular weight is 263 g/mol. The van der Waals surface area contributed by atoms with Crippen molar-refractivity contribution in [3.05, 3.63) is 35.4 Å². The molecule has 19 heavy (non-hydrogen) atoms. The van der Waals surface area contributed by atoms with Crippen LogP contribution in [-0.2, 0) is 11.3 Å². The molecule has 0 aliphatic carbocycles. The van der Waals surface area contributed by atoms with E-state index >= 15 is 0 Å². The molecule has 1 aliphatic rings. The predicted octanol–water partition coefficient (Wildman–Crippen LogP) is 0.206. The monoisotopic (exact) mass is 263 g/mol. The summed E-state index contributed by atoms with van der Waals surface area (Å²) in [6.07, 6.45) is 0.253. The zero-order chi connectivity index (χ0) is 13.7. The topological polar surface area (TPSA) is 67.6 Å². The number of primary amides is 1. The first-order valence-electron chi connectivity index (χ1n) is 6.55. The maximum absolute atomic E-state index is 10.9. The van der Waals surface area contributed by atoms with E-state index < -0.39 is 5.91 Å². The number of hydrogen-bond donors (Lipinski definition) is 2. The first kappa shape index (κ1) is 14.0. The number of hydrogen-bond acceptors (Lipinski definition) is 4. The van der Waals surface area contributed by atoms with Crippen LogP contribution in [0.2, 0.25) is 0 Å². The summed E-state index contributed by atoms with van der Waals surface area (Å²) in [6.45, 7) is 4.37. The van der Waals surface area contributed by atoms with Gasteiger partial charge in [-0.2, -0.15) is 0 Å². The van der Waals surface area contributed by atoms with Crippen LogP contribution in [0.5, 0.6) is 0 Å². The van der Waals surface area contributed by atoms with Crippen molar-refractivity contribution in [2.75, 3.05) is 33.3 Å². The van der Waals surface area contributed by atoms with Crippen LogP contribution < -0.4 is 11.1 Å². The molecule has 0 spiro atoms.